The summed E-state index contributed by atoms with van der Waals surface area (Å²) in [7, 11) is 0. The maximum atomic E-state index is 9.82. The molecule has 0 saturated heterocycles. The van der Waals surface area contributed by atoms with E-state index in [9.17, 15) is 15.3 Å². The Bertz CT molecular complexity index is 1020. The summed E-state index contributed by atoms with van der Waals surface area (Å²) in [5.41, 5.74) is 7.56. The van der Waals surface area contributed by atoms with Gasteiger partial charge in [-0.05, 0) is 63.1 Å². The molecule has 3 nitrogen and oxygen atoms in total. The largest absolute Gasteiger partial charge is 0.504 e. The third-order valence-corrected chi connectivity index (χ3v) is 4.91. The highest BCUT2D eigenvalue weighted by Gasteiger charge is 2.23. The Morgan fingerprint density at radius 2 is 1.35 bits per heavy atom. The zero-order chi connectivity index (χ0) is 18.4. The van der Waals surface area contributed by atoms with Crippen LogP contribution in [0.4, 0.5) is 0 Å². The normalized spacial score (nSPS) is 13.9. The highest BCUT2D eigenvalue weighted by molar-refractivity contribution is 6.06. The van der Waals surface area contributed by atoms with Gasteiger partial charge in [-0.15, -0.1) is 0 Å². The summed E-state index contributed by atoms with van der Waals surface area (Å²) in [5, 5.41) is 29.2. The van der Waals surface area contributed by atoms with E-state index in [4.69, 9.17) is 0 Å². The maximum absolute atomic E-state index is 9.82. The fourth-order valence-electron chi connectivity index (χ4n) is 3.51. The van der Waals surface area contributed by atoms with Gasteiger partial charge in [0.2, 0.25) is 0 Å². The third-order valence-electron chi connectivity index (χ3n) is 4.91. The van der Waals surface area contributed by atoms with Crippen molar-refractivity contribution in [2.75, 3.05) is 0 Å². The lowest BCUT2D eigenvalue weighted by molar-refractivity contribution is 0.368. The summed E-state index contributed by atoms with van der Waals surface area (Å²) >= 11 is 0. The standard InChI is InChI=1S/C23H20O3/c1-13(2)15-7-8-18-16-5-3-4-6-17(16)19(20(18)12-15)9-14-10-21(24)23(26)22(25)11-14/h3-13,24-26H,1-2H3/b19-9+. The van der Waals surface area contributed by atoms with Crippen molar-refractivity contribution in [3.8, 4) is 28.4 Å². The molecule has 0 fully saturated rings. The fraction of sp³-hybridized carbons (Fsp3) is 0.130. The van der Waals surface area contributed by atoms with E-state index in [1.54, 1.807) is 0 Å². The molecule has 0 saturated carbocycles. The highest BCUT2D eigenvalue weighted by atomic mass is 16.3. The number of aromatic hydroxyl groups is 3. The molecule has 26 heavy (non-hydrogen) atoms. The molecule has 3 aromatic carbocycles. The Balaban J connectivity index is 1.95. The van der Waals surface area contributed by atoms with Crippen LogP contribution in [0, 0.1) is 0 Å². The van der Waals surface area contributed by atoms with Crippen LogP contribution in [0.1, 0.15) is 42.0 Å². The Morgan fingerprint density at radius 3 is 2.00 bits per heavy atom. The molecule has 0 heterocycles. The molecular formula is C23H20O3. The van der Waals surface area contributed by atoms with Gasteiger partial charge in [0.15, 0.2) is 17.2 Å². The summed E-state index contributed by atoms with van der Waals surface area (Å²) in [5.74, 6) is -0.743. The van der Waals surface area contributed by atoms with Crippen molar-refractivity contribution in [3.05, 3.63) is 76.9 Å². The Labute approximate surface area is 152 Å². The molecule has 0 bridgehead atoms. The average Bonchev–Trinajstić information content (AvgIpc) is 2.93. The molecule has 0 unspecified atom stereocenters. The minimum Gasteiger partial charge on any atom is -0.504 e. The van der Waals surface area contributed by atoms with E-state index in [1.165, 1.54) is 28.8 Å². The minimum absolute atomic E-state index is 0.334. The van der Waals surface area contributed by atoms with Gasteiger partial charge in [-0.1, -0.05) is 56.3 Å². The summed E-state index contributed by atoms with van der Waals surface area (Å²) in [6, 6.07) is 17.7. The van der Waals surface area contributed by atoms with E-state index in [0.29, 0.717) is 11.5 Å². The van der Waals surface area contributed by atoms with E-state index >= 15 is 0 Å². The van der Waals surface area contributed by atoms with Crippen LogP contribution in [0.3, 0.4) is 0 Å². The van der Waals surface area contributed by atoms with Crippen LogP contribution in [0.15, 0.2) is 54.6 Å². The van der Waals surface area contributed by atoms with Gasteiger partial charge >= 0.3 is 0 Å². The summed E-state index contributed by atoms with van der Waals surface area (Å²) < 4.78 is 0. The van der Waals surface area contributed by atoms with Crippen molar-refractivity contribution in [2.24, 2.45) is 0 Å². The molecule has 0 atom stereocenters. The fourth-order valence-corrected chi connectivity index (χ4v) is 3.51. The lowest BCUT2D eigenvalue weighted by atomic mass is 9.95. The van der Waals surface area contributed by atoms with Crippen LogP contribution >= 0.6 is 0 Å². The second kappa shape index (κ2) is 5.95. The van der Waals surface area contributed by atoms with E-state index in [0.717, 1.165) is 16.7 Å². The first-order chi connectivity index (χ1) is 12.5. The smallest absolute Gasteiger partial charge is 0.200 e. The molecule has 0 spiro atoms. The molecule has 130 valence electrons. The Kier molecular flexibility index (Phi) is 3.73. The van der Waals surface area contributed by atoms with Gasteiger partial charge in [0.1, 0.15) is 0 Å². The first kappa shape index (κ1) is 16.3. The monoisotopic (exact) mass is 344 g/mol. The van der Waals surface area contributed by atoms with E-state index < -0.39 is 5.75 Å². The van der Waals surface area contributed by atoms with Gasteiger partial charge in [0.25, 0.3) is 0 Å². The second-order valence-corrected chi connectivity index (χ2v) is 6.97. The minimum atomic E-state index is -0.499. The SMILES string of the molecule is CC(C)c1ccc2c(c1)/C(=C/c1cc(O)c(O)c(O)c1)c1ccccc1-2. The third kappa shape index (κ3) is 2.53. The number of rotatable bonds is 2. The Morgan fingerprint density at radius 1 is 0.731 bits per heavy atom. The molecule has 1 aliphatic carbocycles. The molecule has 0 radical (unpaired) electrons. The predicted molar refractivity (Wildman–Crippen MR) is 104 cm³/mol. The molecule has 0 aliphatic heterocycles. The molecule has 1 aliphatic rings. The highest BCUT2D eigenvalue weighted by Crippen LogP contribution is 2.46. The van der Waals surface area contributed by atoms with Crippen molar-refractivity contribution in [2.45, 2.75) is 19.8 Å². The number of phenols is 3. The molecule has 0 amide bonds. The van der Waals surface area contributed by atoms with Crippen LogP contribution < -0.4 is 0 Å². The molecule has 0 aromatic heterocycles. The molecule has 4 rings (SSSR count). The maximum Gasteiger partial charge on any atom is 0.200 e. The molecular weight excluding hydrogens is 324 g/mol. The topological polar surface area (TPSA) is 60.7 Å². The summed E-state index contributed by atoms with van der Waals surface area (Å²) in [6.07, 6.45) is 1.94. The lowest BCUT2D eigenvalue weighted by Gasteiger charge is -2.10. The zero-order valence-electron chi connectivity index (χ0n) is 14.7. The van der Waals surface area contributed by atoms with Crippen LogP contribution in [-0.4, -0.2) is 15.3 Å². The van der Waals surface area contributed by atoms with Gasteiger partial charge in [-0.25, -0.2) is 0 Å². The first-order valence-corrected chi connectivity index (χ1v) is 8.66. The van der Waals surface area contributed by atoms with E-state index in [1.807, 2.05) is 18.2 Å². The first-order valence-electron chi connectivity index (χ1n) is 8.66. The van der Waals surface area contributed by atoms with Crippen LogP contribution in [0.2, 0.25) is 0 Å². The Hall–Kier alpha value is -3.20. The molecule has 3 N–H and O–H groups in total. The molecule has 3 aromatic rings. The van der Waals surface area contributed by atoms with Gasteiger partial charge in [-0.2, -0.15) is 0 Å². The van der Waals surface area contributed by atoms with Crippen LogP contribution in [-0.2, 0) is 0 Å². The van der Waals surface area contributed by atoms with Crippen molar-refractivity contribution in [3.63, 3.8) is 0 Å². The van der Waals surface area contributed by atoms with Gasteiger partial charge in [-0.3, -0.25) is 0 Å². The second-order valence-electron chi connectivity index (χ2n) is 6.97. The van der Waals surface area contributed by atoms with E-state index in [2.05, 4.69) is 44.2 Å². The van der Waals surface area contributed by atoms with Crippen molar-refractivity contribution in [1.82, 2.24) is 0 Å². The van der Waals surface area contributed by atoms with Crippen LogP contribution in [0.5, 0.6) is 17.2 Å². The van der Waals surface area contributed by atoms with Crippen molar-refractivity contribution in [1.29, 1.82) is 0 Å². The number of phenolic OH excluding ortho intramolecular Hbond substituents is 3. The quantitative estimate of drug-likeness (QED) is 0.421. The molecule has 3 heteroatoms. The zero-order valence-corrected chi connectivity index (χ0v) is 14.7. The van der Waals surface area contributed by atoms with E-state index in [-0.39, 0.29) is 11.5 Å². The van der Waals surface area contributed by atoms with Crippen molar-refractivity contribution >= 4 is 11.6 Å². The average molecular weight is 344 g/mol. The number of fused-ring (bicyclic) bond motifs is 3. The van der Waals surface area contributed by atoms with Crippen LogP contribution in [0.25, 0.3) is 22.8 Å². The van der Waals surface area contributed by atoms with Crippen molar-refractivity contribution < 1.29 is 15.3 Å². The van der Waals surface area contributed by atoms with Gasteiger partial charge < -0.3 is 15.3 Å². The number of hydrogen-bond acceptors (Lipinski definition) is 3. The summed E-state index contributed by atoms with van der Waals surface area (Å²) in [6.45, 7) is 4.34. The van der Waals surface area contributed by atoms with Gasteiger partial charge in [0, 0.05) is 0 Å². The van der Waals surface area contributed by atoms with Gasteiger partial charge in [0.05, 0.1) is 0 Å². The number of benzene rings is 3. The predicted octanol–water partition coefficient (Wildman–Crippen LogP) is 5.50. The summed E-state index contributed by atoms with van der Waals surface area (Å²) in [4.78, 5) is 0. The number of hydrogen-bond donors (Lipinski definition) is 3. The lowest BCUT2D eigenvalue weighted by Crippen LogP contribution is -1.90.